The van der Waals surface area contributed by atoms with Gasteiger partial charge in [-0.2, -0.15) is 5.10 Å². The summed E-state index contributed by atoms with van der Waals surface area (Å²) in [7, 11) is 0. The van der Waals surface area contributed by atoms with Crippen molar-refractivity contribution < 1.29 is 34.7 Å². The summed E-state index contributed by atoms with van der Waals surface area (Å²) in [6.07, 6.45) is 4.00. The maximum atomic E-state index is 12.4. The van der Waals surface area contributed by atoms with Gasteiger partial charge < -0.3 is 5.11 Å². The fourth-order valence-corrected chi connectivity index (χ4v) is 3.52. The van der Waals surface area contributed by atoms with Crippen molar-refractivity contribution in [2.45, 2.75) is 25.7 Å². The molecule has 6 heteroatoms. The van der Waals surface area contributed by atoms with Crippen LogP contribution in [-0.4, -0.2) is 14.8 Å². The van der Waals surface area contributed by atoms with Crippen LogP contribution < -0.4 is 34.7 Å². The first-order valence-corrected chi connectivity index (χ1v) is 7.28. The van der Waals surface area contributed by atoms with Gasteiger partial charge in [0.15, 0.2) is 0 Å². The van der Waals surface area contributed by atoms with E-state index in [0.29, 0.717) is 5.13 Å². The van der Waals surface area contributed by atoms with Crippen molar-refractivity contribution >= 4 is 21.6 Å². The normalized spacial score (nSPS) is 14.0. The van der Waals surface area contributed by atoms with Crippen LogP contribution in [0.2, 0.25) is 0 Å². The molecule has 0 atom stereocenters. The molecule has 4 nitrogen and oxygen atoms in total. The summed E-state index contributed by atoms with van der Waals surface area (Å²) in [5, 5.41) is 17.5. The van der Waals surface area contributed by atoms with Crippen LogP contribution in [0.5, 0.6) is 5.88 Å². The van der Waals surface area contributed by atoms with Crippen LogP contribution >= 0.6 is 11.3 Å². The van der Waals surface area contributed by atoms with Gasteiger partial charge in [0.2, 0.25) is 5.13 Å². The van der Waals surface area contributed by atoms with Crippen molar-refractivity contribution in [2.24, 2.45) is 0 Å². The first-order valence-electron chi connectivity index (χ1n) is 6.46. The molecular weight excluding hydrogens is 281 g/mol. The Labute approximate surface area is 142 Å². The molecule has 1 aliphatic rings. The van der Waals surface area contributed by atoms with Gasteiger partial charge in [0.1, 0.15) is 0 Å². The molecule has 0 fully saturated rings. The van der Waals surface area contributed by atoms with E-state index in [-0.39, 0.29) is 35.4 Å². The Balaban J connectivity index is 0.00000121. The second-order valence-electron chi connectivity index (χ2n) is 4.81. The second kappa shape index (κ2) is 5.48. The zero-order valence-electron chi connectivity index (χ0n) is 11.3. The van der Waals surface area contributed by atoms with Gasteiger partial charge in [-0.1, -0.05) is 23.5 Å². The Morgan fingerprint density at radius 2 is 1.95 bits per heavy atom. The molecule has 0 saturated carbocycles. The molecule has 0 spiro atoms. The molecule has 0 aliphatic heterocycles. The van der Waals surface area contributed by atoms with Crippen LogP contribution in [0.3, 0.4) is 0 Å². The molecule has 1 aromatic carbocycles. The van der Waals surface area contributed by atoms with E-state index < -0.39 is 0 Å². The van der Waals surface area contributed by atoms with E-state index in [1.54, 1.807) is 0 Å². The second-order valence-corrected chi connectivity index (χ2v) is 5.82. The molecule has 3 aromatic rings. The predicted molar refractivity (Wildman–Crippen MR) is 72.8 cm³/mol. The van der Waals surface area contributed by atoms with E-state index in [4.69, 9.17) is 0 Å². The van der Waals surface area contributed by atoms with Crippen molar-refractivity contribution in [1.82, 2.24) is 14.8 Å². The van der Waals surface area contributed by atoms with Gasteiger partial charge >= 0.3 is 29.6 Å². The van der Waals surface area contributed by atoms with Crippen LogP contribution in [0.15, 0.2) is 24.3 Å². The number of nitrogens with zero attached hydrogens (tertiary/aromatic N) is 3. The summed E-state index contributed by atoms with van der Waals surface area (Å²) in [5.74, 6) is 0.0220. The standard InChI is InChI=1S/C14H13N3OS.Na/c18-13-9-5-1-2-6-10(9)16-17(13)14-15-11-7-3-4-8-12(11)19-14;/h3-4,7-8,18H,1-2,5-6H2;/q;+1/p-1. The molecule has 96 valence electrons. The first kappa shape index (κ1) is 14.1. The van der Waals surface area contributed by atoms with Gasteiger partial charge in [-0.3, -0.25) is 0 Å². The average Bonchev–Trinajstić information content (AvgIpc) is 3.00. The molecule has 2 heterocycles. The zero-order chi connectivity index (χ0) is 12.8. The number of para-hydroxylation sites is 1. The van der Waals surface area contributed by atoms with Crippen molar-refractivity contribution in [3.63, 3.8) is 0 Å². The summed E-state index contributed by atoms with van der Waals surface area (Å²) < 4.78 is 2.58. The van der Waals surface area contributed by atoms with Crippen molar-refractivity contribution in [3.8, 4) is 11.0 Å². The Kier molecular flexibility index (Phi) is 3.86. The largest absolute Gasteiger partial charge is 1.00 e. The number of thiazole rings is 1. The SMILES string of the molecule is [Na+].[O-]c1c2c(nn1-c1nc3ccccc3s1)CCCC2. The monoisotopic (exact) mass is 293 g/mol. The minimum atomic E-state index is 0. The maximum absolute atomic E-state index is 12.4. The predicted octanol–water partition coefficient (Wildman–Crippen LogP) is -0.562. The molecule has 0 unspecified atom stereocenters. The van der Waals surface area contributed by atoms with Gasteiger partial charge in [-0.25, -0.2) is 9.67 Å². The molecule has 0 N–H and O–H groups in total. The van der Waals surface area contributed by atoms with E-state index in [0.717, 1.165) is 47.2 Å². The summed E-state index contributed by atoms with van der Waals surface area (Å²) >= 11 is 1.52. The molecule has 20 heavy (non-hydrogen) atoms. The Hall–Kier alpha value is -0.880. The molecule has 0 saturated heterocycles. The van der Waals surface area contributed by atoms with Gasteiger partial charge in [-0.05, 0) is 49.3 Å². The van der Waals surface area contributed by atoms with Gasteiger partial charge in [0, 0.05) is 0 Å². The van der Waals surface area contributed by atoms with Crippen LogP contribution in [0, 0.1) is 0 Å². The number of rotatable bonds is 1. The van der Waals surface area contributed by atoms with Gasteiger partial charge in [0.05, 0.1) is 15.9 Å². The summed E-state index contributed by atoms with van der Waals surface area (Å²) in [4.78, 5) is 4.51. The third kappa shape index (κ3) is 2.19. The van der Waals surface area contributed by atoms with E-state index in [1.807, 2.05) is 24.3 Å². The Morgan fingerprint density at radius 3 is 2.75 bits per heavy atom. The fraction of sp³-hybridized carbons (Fsp3) is 0.286. The Morgan fingerprint density at radius 1 is 1.15 bits per heavy atom. The average molecular weight is 293 g/mol. The third-order valence-corrected chi connectivity index (χ3v) is 4.59. The quantitative estimate of drug-likeness (QED) is 0.565. The molecule has 1 aliphatic carbocycles. The summed E-state index contributed by atoms with van der Waals surface area (Å²) in [6, 6.07) is 7.92. The number of aromatic nitrogens is 3. The first-order chi connectivity index (χ1) is 9.33. The van der Waals surface area contributed by atoms with Gasteiger partial charge in [-0.15, -0.1) is 0 Å². The van der Waals surface area contributed by atoms with E-state index in [2.05, 4.69) is 10.1 Å². The number of hydrogen-bond acceptors (Lipinski definition) is 4. The number of fused-ring (bicyclic) bond motifs is 2. The van der Waals surface area contributed by atoms with E-state index >= 15 is 0 Å². The van der Waals surface area contributed by atoms with Crippen LogP contribution in [0.25, 0.3) is 15.3 Å². The minimum Gasteiger partial charge on any atom is -0.858 e. The number of aryl methyl sites for hydroxylation is 1. The fourth-order valence-electron chi connectivity index (χ4n) is 2.60. The molecule has 4 rings (SSSR count). The summed E-state index contributed by atoms with van der Waals surface area (Å²) in [5.41, 5.74) is 2.79. The molecule has 2 aromatic heterocycles. The van der Waals surface area contributed by atoms with Crippen LogP contribution in [0.1, 0.15) is 24.1 Å². The van der Waals surface area contributed by atoms with E-state index in [9.17, 15) is 5.11 Å². The molecule has 0 bridgehead atoms. The zero-order valence-corrected chi connectivity index (χ0v) is 14.1. The van der Waals surface area contributed by atoms with Gasteiger partial charge in [0.25, 0.3) is 0 Å². The van der Waals surface area contributed by atoms with Crippen LogP contribution in [-0.2, 0) is 12.8 Å². The smallest absolute Gasteiger partial charge is 0.858 e. The molecular formula is C14H12N3NaOS. The summed E-state index contributed by atoms with van der Waals surface area (Å²) in [6.45, 7) is 0. The topological polar surface area (TPSA) is 53.8 Å². The van der Waals surface area contributed by atoms with Crippen molar-refractivity contribution in [1.29, 1.82) is 0 Å². The third-order valence-electron chi connectivity index (χ3n) is 3.57. The van der Waals surface area contributed by atoms with E-state index in [1.165, 1.54) is 16.0 Å². The number of benzene rings is 1. The Bertz CT molecular complexity index is 732. The maximum Gasteiger partial charge on any atom is 1.00 e. The van der Waals surface area contributed by atoms with Crippen LogP contribution in [0.4, 0.5) is 0 Å². The molecule has 0 radical (unpaired) electrons. The van der Waals surface area contributed by atoms with Crippen molar-refractivity contribution in [2.75, 3.05) is 0 Å². The van der Waals surface area contributed by atoms with Crippen molar-refractivity contribution in [3.05, 3.63) is 35.5 Å². The minimum absolute atomic E-state index is 0. The number of hydrogen-bond donors (Lipinski definition) is 0. The molecule has 0 amide bonds.